The van der Waals surface area contributed by atoms with Crippen molar-refractivity contribution in [3.05, 3.63) is 71.1 Å². The second-order valence-corrected chi connectivity index (χ2v) is 9.36. The quantitative estimate of drug-likeness (QED) is 0.587. The maximum Gasteiger partial charge on any atom is 0.239 e. The average Bonchev–Trinajstić information content (AvgIpc) is 3.31. The molecule has 1 amide bonds. The molecule has 1 fully saturated rings. The van der Waals surface area contributed by atoms with Crippen LogP contribution in [0.15, 0.2) is 53.1 Å². The number of carbonyl (C=O) groups is 1. The number of benzene rings is 2. The van der Waals surface area contributed by atoms with Crippen molar-refractivity contribution in [2.24, 2.45) is 0 Å². The molecule has 0 spiro atoms. The molecule has 6 heteroatoms. The minimum Gasteiger partial charge on any atom is -0.393 e. The van der Waals surface area contributed by atoms with E-state index in [9.17, 15) is 9.90 Å². The number of piperidine rings is 1. The van der Waals surface area contributed by atoms with Crippen molar-refractivity contribution in [2.75, 3.05) is 25.0 Å². The number of aryl methyl sites for hydroxylation is 2. The van der Waals surface area contributed by atoms with Crippen molar-refractivity contribution in [2.45, 2.75) is 51.0 Å². The summed E-state index contributed by atoms with van der Waals surface area (Å²) < 4.78 is 5.41. The number of aromatic nitrogens is 1. The second kappa shape index (κ2) is 8.76. The van der Waals surface area contributed by atoms with Gasteiger partial charge in [0.1, 0.15) is 11.2 Å². The minimum atomic E-state index is -0.735. The van der Waals surface area contributed by atoms with Crippen molar-refractivity contribution in [3.8, 4) is 11.1 Å². The molecular formula is C27H31N3O3. The lowest BCUT2D eigenvalue weighted by atomic mass is 9.71. The highest BCUT2D eigenvalue weighted by atomic mass is 16.5. The van der Waals surface area contributed by atoms with Crippen LogP contribution in [-0.2, 0) is 10.2 Å². The number of anilines is 1. The molecular weight excluding hydrogens is 414 g/mol. The third-order valence-corrected chi connectivity index (χ3v) is 7.29. The van der Waals surface area contributed by atoms with Crippen LogP contribution in [-0.4, -0.2) is 46.8 Å². The SMILES string of the molecule is Cc1noc(C)c1-c1ccc2c(c1)C(CCCN1CCC(O)CC1)(c1ccccc1)C(=O)N2. The number of aliphatic hydroxyl groups is 1. The van der Waals surface area contributed by atoms with Crippen molar-refractivity contribution in [1.29, 1.82) is 0 Å². The molecule has 5 rings (SSSR count). The van der Waals surface area contributed by atoms with Crippen molar-refractivity contribution >= 4 is 11.6 Å². The van der Waals surface area contributed by atoms with E-state index in [0.717, 1.165) is 84.7 Å². The van der Waals surface area contributed by atoms with Gasteiger partial charge in [-0.25, -0.2) is 0 Å². The van der Waals surface area contributed by atoms with Crippen LogP contribution in [0.1, 0.15) is 48.3 Å². The van der Waals surface area contributed by atoms with E-state index in [1.54, 1.807) is 0 Å². The molecule has 0 saturated carbocycles. The van der Waals surface area contributed by atoms with Gasteiger partial charge in [-0.15, -0.1) is 0 Å². The molecule has 33 heavy (non-hydrogen) atoms. The number of rotatable bonds is 6. The van der Waals surface area contributed by atoms with Gasteiger partial charge in [0, 0.05) is 24.3 Å². The Morgan fingerprint density at radius 2 is 1.91 bits per heavy atom. The van der Waals surface area contributed by atoms with Gasteiger partial charge in [-0.2, -0.15) is 0 Å². The van der Waals surface area contributed by atoms with Crippen LogP contribution in [0.4, 0.5) is 5.69 Å². The predicted octanol–water partition coefficient (Wildman–Crippen LogP) is 4.43. The van der Waals surface area contributed by atoms with E-state index < -0.39 is 5.41 Å². The van der Waals surface area contributed by atoms with Gasteiger partial charge in [0.25, 0.3) is 0 Å². The number of hydrogen-bond acceptors (Lipinski definition) is 5. The lowest BCUT2D eigenvalue weighted by molar-refractivity contribution is -0.119. The number of likely N-dealkylation sites (tertiary alicyclic amines) is 1. The molecule has 0 bridgehead atoms. The molecule has 2 aromatic carbocycles. The topological polar surface area (TPSA) is 78.6 Å². The molecule has 1 unspecified atom stereocenters. The largest absolute Gasteiger partial charge is 0.393 e. The van der Waals surface area contributed by atoms with Crippen LogP contribution in [0.3, 0.4) is 0 Å². The molecule has 3 heterocycles. The van der Waals surface area contributed by atoms with Crippen molar-refractivity contribution in [1.82, 2.24) is 10.1 Å². The summed E-state index contributed by atoms with van der Waals surface area (Å²) in [5.74, 6) is 0.816. The first-order valence-corrected chi connectivity index (χ1v) is 11.8. The van der Waals surface area contributed by atoms with E-state index >= 15 is 0 Å². The summed E-state index contributed by atoms with van der Waals surface area (Å²) in [5.41, 5.74) is 5.04. The summed E-state index contributed by atoms with van der Waals surface area (Å²) in [6.45, 7) is 6.62. The fourth-order valence-electron chi connectivity index (χ4n) is 5.52. The van der Waals surface area contributed by atoms with Crippen LogP contribution < -0.4 is 5.32 Å². The predicted molar refractivity (Wildman–Crippen MR) is 128 cm³/mol. The Hall–Kier alpha value is -2.96. The molecule has 1 saturated heterocycles. The molecule has 2 aliphatic rings. The van der Waals surface area contributed by atoms with Crippen LogP contribution >= 0.6 is 0 Å². The zero-order chi connectivity index (χ0) is 23.0. The average molecular weight is 446 g/mol. The van der Waals surface area contributed by atoms with Crippen LogP contribution in [0, 0.1) is 13.8 Å². The van der Waals surface area contributed by atoms with E-state index in [0.29, 0.717) is 0 Å². The van der Waals surface area contributed by atoms with E-state index in [2.05, 4.69) is 33.6 Å². The summed E-state index contributed by atoms with van der Waals surface area (Å²) in [5, 5.41) is 17.1. The number of carbonyl (C=O) groups excluding carboxylic acids is 1. The zero-order valence-electron chi connectivity index (χ0n) is 19.3. The van der Waals surface area contributed by atoms with Gasteiger partial charge < -0.3 is 19.8 Å². The fraction of sp³-hybridized carbons (Fsp3) is 0.407. The van der Waals surface area contributed by atoms with Crippen LogP contribution in [0.5, 0.6) is 0 Å². The normalized spacial score (nSPS) is 21.2. The number of fused-ring (bicyclic) bond motifs is 1. The Morgan fingerprint density at radius 1 is 1.15 bits per heavy atom. The zero-order valence-corrected chi connectivity index (χ0v) is 19.3. The molecule has 0 aliphatic carbocycles. The molecule has 2 N–H and O–H groups in total. The van der Waals surface area contributed by atoms with Gasteiger partial charge in [0.05, 0.1) is 11.8 Å². The minimum absolute atomic E-state index is 0.0358. The summed E-state index contributed by atoms with van der Waals surface area (Å²) in [7, 11) is 0. The third-order valence-electron chi connectivity index (χ3n) is 7.29. The molecule has 1 aromatic heterocycles. The van der Waals surface area contributed by atoms with Gasteiger partial charge in [0.2, 0.25) is 5.91 Å². The van der Waals surface area contributed by atoms with E-state index in [-0.39, 0.29) is 12.0 Å². The highest BCUT2D eigenvalue weighted by Crippen LogP contribution is 2.47. The molecule has 6 nitrogen and oxygen atoms in total. The molecule has 172 valence electrons. The maximum absolute atomic E-state index is 13.6. The summed E-state index contributed by atoms with van der Waals surface area (Å²) in [6.07, 6.45) is 3.10. The fourth-order valence-corrected chi connectivity index (χ4v) is 5.52. The molecule has 1 atom stereocenters. The Kier molecular flexibility index (Phi) is 5.81. The van der Waals surface area contributed by atoms with Crippen molar-refractivity contribution in [3.63, 3.8) is 0 Å². The van der Waals surface area contributed by atoms with Crippen LogP contribution in [0.25, 0.3) is 11.1 Å². The van der Waals surface area contributed by atoms with Gasteiger partial charge in [-0.3, -0.25) is 4.79 Å². The van der Waals surface area contributed by atoms with Gasteiger partial charge in [-0.05, 0) is 74.9 Å². The lowest BCUT2D eigenvalue weighted by Crippen LogP contribution is -2.39. The summed E-state index contributed by atoms with van der Waals surface area (Å²) >= 11 is 0. The Morgan fingerprint density at radius 3 is 2.61 bits per heavy atom. The van der Waals surface area contributed by atoms with Crippen molar-refractivity contribution < 1.29 is 14.4 Å². The maximum atomic E-state index is 13.6. The Balaban J connectivity index is 1.52. The van der Waals surface area contributed by atoms with Gasteiger partial charge in [-0.1, -0.05) is 41.6 Å². The highest BCUT2D eigenvalue weighted by molar-refractivity contribution is 6.09. The first kappa shape index (κ1) is 21.9. The smallest absolute Gasteiger partial charge is 0.239 e. The Labute approximate surface area is 194 Å². The number of nitrogens with zero attached hydrogens (tertiary/aromatic N) is 2. The lowest BCUT2D eigenvalue weighted by Gasteiger charge is -2.32. The number of nitrogens with one attached hydrogen (secondary N) is 1. The molecule has 0 radical (unpaired) electrons. The summed E-state index contributed by atoms with van der Waals surface area (Å²) in [6, 6.07) is 16.3. The third kappa shape index (κ3) is 3.87. The van der Waals surface area contributed by atoms with E-state index in [4.69, 9.17) is 4.52 Å². The number of aliphatic hydroxyl groups excluding tert-OH is 1. The first-order valence-electron chi connectivity index (χ1n) is 11.8. The van der Waals surface area contributed by atoms with Gasteiger partial charge in [0.15, 0.2) is 0 Å². The van der Waals surface area contributed by atoms with E-state index in [1.165, 1.54) is 0 Å². The Bertz CT molecular complexity index is 1130. The first-order chi connectivity index (χ1) is 16.0. The standard InChI is InChI=1S/C27H31N3O3/c1-18-25(19(2)33-29-18)20-9-10-24-23(17-20)27(26(32)28-24,21-7-4-3-5-8-21)13-6-14-30-15-11-22(31)12-16-30/h3-5,7-10,17,22,31H,6,11-16H2,1-2H3,(H,28,32). The number of amides is 1. The second-order valence-electron chi connectivity index (χ2n) is 9.36. The van der Waals surface area contributed by atoms with Gasteiger partial charge >= 0.3 is 0 Å². The van der Waals surface area contributed by atoms with Crippen LogP contribution in [0.2, 0.25) is 0 Å². The monoisotopic (exact) mass is 445 g/mol. The number of hydrogen-bond donors (Lipinski definition) is 2. The molecule has 3 aromatic rings. The summed E-state index contributed by atoms with van der Waals surface area (Å²) in [4.78, 5) is 16.0. The molecule has 2 aliphatic heterocycles. The highest BCUT2D eigenvalue weighted by Gasteiger charge is 2.48. The van der Waals surface area contributed by atoms with E-state index in [1.807, 2.05) is 44.2 Å².